The number of aromatic nitrogens is 2. The number of hydrogen-bond donors (Lipinski definition) is 0. The van der Waals surface area contributed by atoms with Crippen LogP contribution in [0.1, 0.15) is 42.5 Å². The Bertz CT molecular complexity index is 878. The lowest BCUT2D eigenvalue weighted by Gasteiger charge is -2.40. The molecule has 2 aromatic rings. The molecular weight excluding hydrogens is 354 g/mol. The van der Waals surface area contributed by atoms with Crippen LogP contribution >= 0.6 is 0 Å². The van der Waals surface area contributed by atoms with E-state index in [0.29, 0.717) is 26.2 Å². The monoisotopic (exact) mass is 381 g/mol. The van der Waals surface area contributed by atoms with Crippen LogP contribution in [0.5, 0.6) is 11.5 Å². The van der Waals surface area contributed by atoms with Crippen molar-refractivity contribution in [3.8, 4) is 11.5 Å². The summed E-state index contributed by atoms with van der Waals surface area (Å²) >= 11 is 0. The second-order valence-corrected chi connectivity index (χ2v) is 8.31. The molecule has 28 heavy (non-hydrogen) atoms. The fourth-order valence-corrected chi connectivity index (χ4v) is 4.23. The summed E-state index contributed by atoms with van der Waals surface area (Å²) in [5.74, 6) is 2.67. The Morgan fingerprint density at radius 3 is 2.64 bits per heavy atom. The lowest BCUT2D eigenvalue weighted by Crippen LogP contribution is -2.47. The van der Waals surface area contributed by atoms with E-state index in [9.17, 15) is 4.79 Å². The van der Waals surface area contributed by atoms with Crippen LogP contribution in [0, 0.1) is 19.3 Å². The third-order valence-electron chi connectivity index (χ3n) is 5.57. The Balaban J connectivity index is 1.42. The fraction of sp³-hybridized carbons (Fsp3) is 0.500. The molecule has 1 saturated heterocycles. The Morgan fingerprint density at radius 2 is 1.86 bits per heavy atom. The standard InChI is InChI=1S/C22H27N3O3/c1-15-10-16(2)24-20(23-15)7-9-25-13-22(3,8-6-21(25)26)12-17-4-5-18-19(11-17)28-14-27-18/h4-5,10-11H,6-9,12-14H2,1-3H3/t22-/m0/s1. The van der Waals surface area contributed by atoms with E-state index in [1.165, 1.54) is 5.56 Å². The molecule has 1 fully saturated rings. The zero-order chi connectivity index (χ0) is 19.7. The van der Waals surface area contributed by atoms with Crippen LogP contribution in [0.2, 0.25) is 0 Å². The van der Waals surface area contributed by atoms with Crippen LogP contribution in [0.25, 0.3) is 0 Å². The van der Waals surface area contributed by atoms with Crippen LogP contribution in [0.3, 0.4) is 0 Å². The molecule has 2 aliphatic heterocycles. The van der Waals surface area contributed by atoms with E-state index in [1.54, 1.807) is 0 Å². The van der Waals surface area contributed by atoms with Gasteiger partial charge >= 0.3 is 0 Å². The summed E-state index contributed by atoms with van der Waals surface area (Å²) in [6.07, 6.45) is 3.09. The molecule has 1 amide bonds. The van der Waals surface area contributed by atoms with Crippen molar-refractivity contribution in [2.45, 2.75) is 46.5 Å². The number of carbonyl (C=O) groups is 1. The first kappa shape index (κ1) is 18.7. The molecule has 0 bridgehead atoms. The molecule has 6 nitrogen and oxygen atoms in total. The summed E-state index contributed by atoms with van der Waals surface area (Å²) in [7, 11) is 0. The number of amides is 1. The first-order valence-electron chi connectivity index (χ1n) is 9.88. The smallest absolute Gasteiger partial charge is 0.231 e. The second kappa shape index (κ2) is 7.41. The average molecular weight is 381 g/mol. The maximum absolute atomic E-state index is 12.5. The van der Waals surface area contributed by atoms with E-state index in [4.69, 9.17) is 9.47 Å². The van der Waals surface area contributed by atoms with Gasteiger partial charge in [0.1, 0.15) is 5.82 Å². The second-order valence-electron chi connectivity index (χ2n) is 8.31. The van der Waals surface area contributed by atoms with Gasteiger partial charge in [-0.1, -0.05) is 13.0 Å². The van der Waals surface area contributed by atoms with Crippen molar-refractivity contribution in [2.75, 3.05) is 19.9 Å². The molecule has 0 unspecified atom stereocenters. The predicted molar refractivity (Wildman–Crippen MR) is 105 cm³/mol. The fourth-order valence-electron chi connectivity index (χ4n) is 4.23. The number of hydrogen-bond acceptors (Lipinski definition) is 5. The lowest BCUT2D eigenvalue weighted by molar-refractivity contribution is -0.137. The molecule has 6 heteroatoms. The number of nitrogens with zero attached hydrogens (tertiary/aromatic N) is 3. The number of carbonyl (C=O) groups excluding carboxylic acids is 1. The third-order valence-corrected chi connectivity index (χ3v) is 5.57. The molecular formula is C22H27N3O3. The van der Waals surface area contributed by atoms with Crippen molar-refractivity contribution in [3.63, 3.8) is 0 Å². The van der Waals surface area contributed by atoms with Crippen LogP contribution in [-0.4, -0.2) is 40.7 Å². The lowest BCUT2D eigenvalue weighted by atomic mass is 9.76. The first-order chi connectivity index (χ1) is 13.4. The molecule has 0 aliphatic carbocycles. The van der Waals surface area contributed by atoms with E-state index < -0.39 is 0 Å². The van der Waals surface area contributed by atoms with Crippen molar-refractivity contribution < 1.29 is 14.3 Å². The molecule has 0 spiro atoms. The maximum Gasteiger partial charge on any atom is 0.231 e. The summed E-state index contributed by atoms with van der Waals surface area (Å²) in [4.78, 5) is 23.5. The Labute approximate surface area is 165 Å². The van der Waals surface area contributed by atoms with Crippen molar-refractivity contribution in [2.24, 2.45) is 5.41 Å². The summed E-state index contributed by atoms with van der Waals surface area (Å²) in [6.45, 7) is 7.94. The molecule has 0 saturated carbocycles. The highest BCUT2D eigenvalue weighted by molar-refractivity contribution is 5.77. The molecule has 148 valence electrons. The largest absolute Gasteiger partial charge is 0.454 e. The maximum atomic E-state index is 12.5. The van der Waals surface area contributed by atoms with Crippen LogP contribution in [0.4, 0.5) is 0 Å². The molecule has 4 rings (SSSR count). The minimum atomic E-state index is 0.0466. The van der Waals surface area contributed by atoms with Crippen molar-refractivity contribution in [1.82, 2.24) is 14.9 Å². The van der Waals surface area contributed by atoms with Crippen molar-refractivity contribution in [3.05, 3.63) is 47.0 Å². The quantitative estimate of drug-likeness (QED) is 0.796. The van der Waals surface area contributed by atoms with E-state index in [1.807, 2.05) is 30.9 Å². The number of fused-ring (bicyclic) bond motifs is 1. The van der Waals surface area contributed by atoms with E-state index in [2.05, 4.69) is 29.0 Å². The van der Waals surface area contributed by atoms with E-state index in [-0.39, 0.29) is 11.3 Å². The minimum Gasteiger partial charge on any atom is -0.454 e. The average Bonchev–Trinajstić information content (AvgIpc) is 3.10. The predicted octanol–water partition coefficient (Wildman–Crippen LogP) is 3.24. The van der Waals surface area contributed by atoms with Gasteiger partial charge in [-0.3, -0.25) is 4.79 Å². The van der Waals surface area contributed by atoms with Gasteiger partial charge in [-0.15, -0.1) is 0 Å². The Kier molecular flexibility index (Phi) is 4.96. The van der Waals surface area contributed by atoms with Gasteiger partial charge in [0.25, 0.3) is 0 Å². The molecule has 3 heterocycles. The minimum absolute atomic E-state index is 0.0466. The number of likely N-dealkylation sites (tertiary alicyclic amines) is 1. The zero-order valence-corrected chi connectivity index (χ0v) is 16.8. The summed E-state index contributed by atoms with van der Waals surface area (Å²) in [5, 5.41) is 0. The van der Waals surface area contributed by atoms with Gasteiger partial charge in [0.15, 0.2) is 11.5 Å². The van der Waals surface area contributed by atoms with Crippen molar-refractivity contribution >= 4 is 5.91 Å². The number of piperidine rings is 1. The molecule has 1 aromatic carbocycles. The Morgan fingerprint density at radius 1 is 1.11 bits per heavy atom. The zero-order valence-electron chi connectivity index (χ0n) is 16.8. The van der Waals surface area contributed by atoms with E-state index in [0.717, 1.165) is 48.1 Å². The van der Waals surface area contributed by atoms with Crippen LogP contribution < -0.4 is 9.47 Å². The van der Waals surface area contributed by atoms with Gasteiger partial charge in [0, 0.05) is 37.3 Å². The van der Waals surface area contributed by atoms with Crippen molar-refractivity contribution in [1.29, 1.82) is 0 Å². The summed E-state index contributed by atoms with van der Waals surface area (Å²) in [5.41, 5.74) is 3.21. The number of aryl methyl sites for hydroxylation is 2. The number of ether oxygens (including phenoxy) is 2. The topological polar surface area (TPSA) is 64.6 Å². The van der Waals surface area contributed by atoms with E-state index >= 15 is 0 Å². The molecule has 0 radical (unpaired) electrons. The summed E-state index contributed by atoms with van der Waals surface area (Å²) in [6, 6.07) is 8.11. The van der Waals surface area contributed by atoms with Gasteiger partial charge in [0.05, 0.1) is 0 Å². The highest BCUT2D eigenvalue weighted by Gasteiger charge is 2.35. The SMILES string of the molecule is Cc1cc(C)nc(CCN2C[C@](C)(Cc3ccc4c(c3)OCO4)CCC2=O)n1. The van der Waals surface area contributed by atoms with Gasteiger partial charge in [0.2, 0.25) is 12.7 Å². The molecule has 0 N–H and O–H groups in total. The number of benzene rings is 1. The number of rotatable bonds is 5. The van der Waals surface area contributed by atoms with Gasteiger partial charge < -0.3 is 14.4 Å². The molecule has 1 atom stereocenters. The highest BCUT2D eigenvalue weighted by atomic mass is 16.7. The van der Waals surface area contributed by atoms with Crippen LogP contribution in [-0.2, 0) is 17.6 Å². The van der Waals surface area contributed by atoms with Gasteiger partial charge in [-0.2, -0.15) is 0 Å². The van der Waals surface area contributed by atoms with Crippen LogP contribution in [0.15, 0.2) is 24.3 Å². The first-order valence-corrected chi connectivity index (χ1v) is 9.88. The Hall–Kier alpha value is -2.63. The highest BCUT2D eigenvalue weighted by Crippen LogP contribution is 2.37. The van der Waals surface area contributed by atoms with Gasteiger partial charge in [-0.25, -0.2) is 9.97 Å². The summed E-state index contributed by atoms with van der Waals surface area (Å²) < 4.78 is 10.9. The third kappa shape index (κ3) is 4.11. The molecule has 1 aromatic heterocycles. The normalized spacial score (nSPS) is 21.2. The van der Waals surface area contributed by atoms with Gasteiger partial charge in [-0.05, 0) is 55.9 Å². The molecule has 2 aliphatic rings.